The fraction of sp³-hybridized carbons (Fsp3) is 0.600. The summed E-state index contributed by atoms with van der Waals surface area (Å²) < 4.78 is 19.1. The average molecular weight is 302 g/mol. The van der Waals surface area contributed by atoms with Crippen LogP contribution >= 0.6 is 11.6 Å². The van der Waals surface area contributed by atoms with Crippen molar-refractivity contribution in [1.82, 2.24) is 4.90 Å². The van der Waals surface area contributed by atoms with Crippen LogP contribution in [-0.2, 0) is 11.3 Å². The minimum atomic E-state index is -0.355. The van der Waals surface area contributed by atoms with E-state index in [-0.39, 0.29) is 23.6 Å². The second-order valence-electron chi connectivity index (χ2n) is 5.14. The molecular formula is C15H21ClFNO2. The van der Waals surface area contributed by atoms with Gasteiger partial charge in [-0.1, -0.05) is 23.7 Å². The predicted octanol–water partition coefficient (Wildman–Crippen LogP) is 2.84. The highest BCUT2D eigenvalue weighted by Crippen LogP contribution is 2.23. The van der Waals surface area contributed by atoms with Crippen LogP contribution in [0.2, 0.25) is 5.02 Å². The van der Waals surface area contributed by atoms with Crippen molar-refractivity contribution in [3.8, 4) is 0 Å². The fourth-order valence-electron chi connectivity index (χ4n) is 2.46. The summed E-state index contributed by atoms with van der Waals surface area (Å²) in [6, 6.07) is 4.95. The third-order valence-electron chi connectivity index (χ3n) is 3.62. The molecular weight excluding hydrogens is 281 g/mol. The zero-order valence-electron chi connectivity index (χ0n) is 11.5. The Morgan fingerprint density at radius 1 is 1.35 bits per heavy atom. The molecule has 2 rings (SSSR count). The van der Waals surface area contributed by atoms with E-state index in [9.17, 15) is 4.39 Å². The molecule has 0 radical (unpaired) electrons. The molecule has 1 aromatic rings. The van der Waals surface area contributed by atoms with Gasteiger partial charge in [0.25, 0.3) is 0 Å². The number of piperidine rings is 1. The quantitative estimate of drug-likeness (QED) is 0.820. The molecule has 112 valence electrons. The molecule has 1 fully saturated rings. The summed E-state index contributed by atoms with van der Waals surface area (Å²) >= 11 is 5.98. The average Bonchev–Trinajstić information content (AvgIpc) is 2.46. The number of rotatable bonds is 6. The van der Waals surface area contributed by atoms with Gasteiger partial charge in [-0.15, -0.1) is 0 Å². The predicted molar refractivity (Wildman–Crippen MR) is 77.4 cm³/mol. The van der Waals surface area contributed by atoms with Gasteiger partial charge in [-0.2, -0.15) is 0 Å². The molecule has 1 saturated heterocycles. The largest absolute Gasteiger partial charge is 0.396 e. The van der Waals surface area contributed by atoms with Crippen molar-refractivity contribution in [2.75, 3.05) is 26.3 Å². The normalized spacial score (nSPS) is 17.6. The number of benzene rings is 1. The lowest BCUT2D eigenvalue weighted by molar-refractivity contribution is 0.000778. The number of nitrogens with zero attached hydrogens (tertiary/aromatic N) is 1. The number of hydrogen-bond acceptors (Lipinski definition) is 3. The maximum atomic E-state index is 13.4. The summed E-state index contributed by atoms with van der Waals surface area (Å²) in [5, 5.41) is 8.95. The molecule has 5 heteroatoms. The third-order valence-corrected chi connectivity index (χ3v) is 4.04. The maximum Gasteiger partial charge on any atom is 0.142 e. The standard InChI is InChI=1S/C15H21ClFNO2/c16-15-12(3-1-4-14(15)17)11-18-7-5-13(6-8-18)20-10-2-9-19/h1,3-4,13,19H,2,5-11H2. The molecule has 0 unspecified atom stereocenters. The third kappa shape index (κ3) is 4.42. The Morgan fingerprint density at radius 3 is 2.80 bits per heavy atom. The number of halogens is 2. The van der Waals surface area contributed by atoms with Gasteiger partial charge in [0.05, 0.1) is 11.1 Å². The Kier molecular flexibility index (Phi) is 6.23. The molecule has 0 amide bonds. The first-order valence-corrected chi connectivity index (χ1v) is 7.46. The molecule has 0 atom stereocenters. The first-order chi connectivity index (χ1) is 9.70. The minimum absolute atomic E-state index is 0.177. The van der Waals surface area contributed by atoms with Crippen LogP contribution in [0.1, 0.15) is 24.8 Å². The second-order valence-corrected chi connectivity index (χ2v) is 5.51. The number of aliphatic hydroxyl groups is 1. The Hall–Kier alpha value is -0.680. The van der Waals surface area contributed by atoms with Crippen LogP contribution in [0.4, 0.5) is 4.39 Å². The number of likely N-dealkylation sites (tertiary alicyclic amines) is 1. The van der Waals surface area contributed by atoms with Crippen molar-refractivity contribution in [2.24, 2.45) is 0 Å². The van der Waals surface area contributed by atoms with Crippen LogP contribution in [0.25, 0.3) is 0 Å². The summed E-state index contributed by atoms with van der Waals surface area (Å²) in [6.07, 6.45) is 2.91. The van der Waals surface area contributed by atoms with Gasteiger partial charge in [0.2, 0.25) is 0 Å². The highest BCUT2D eigenvalue weighted by molar-refractivity contribution is 6.31. The van der Waals surface area contributed by atoms with E-state index in [4.69, 9.17) is 21.4 Å². The zero-order valence-corrected chi connectivity index (χ0v) is 12.3. The van der Waals surface area contributed by atoms with E-state index < -0.39 is 0 Å². The first kappa shape index (κ1) is 15.7. The Morgan fingerprint density at radius 2 is 2.10 bits per heavy atom. The lowest BCUT2D eigenvalue weighted by Crippen LogP contribution is -2.36. The van der Waals surface area contributed by atoms with Crippen LogP contribution in [0.5, 0.6) is 0 Å². The highest BCUT2D eigenvalue weighted by atomic mass is 35.5. The summed E-state index contributed by atoms with van der Waals surface area (Å²) in [4.78, 5) is 2.27. The molecule has 0 saturated carbocycles. The smallest absolute Gasteiger partial charge is 0.142 e. The SMILES string of the molecule is OCCCOC1CCN(Cc2cccc(F)c2Cl)CC1. The van der Waals surface area contributed by atoms with Crippen LogP contribution < -0.4 is 0 Å². The molecule has 1 aromatic carbocycles. The van der Waals surface area contributed by atoms with E-state index >= 15 is 0 Å². The molecule has 0 bridgehead atoms. The molecule has 0 aromatic heterocycles. The van der Waals surface area contributed by atoms with E-state index in [1.165, 1.54) is 6.07 Å². The van der Waals surface area contributed by atoms with Crippen molar-refractivity contribution < 1.29 is 14.2 Å². The van der Waals surface area contributed by atoms with Gasteiger partial charge < -0.3 is 9.84 Å². The molecule has 1 N–H and O–H groups in total. The van der Waals surface area contributed by atoms with Crippen LogP contribution in [0.3, 0.4) is 0 Å². The Bertz CT molecular complexity index is 422. The Labute approximate surface area is 124 Å². The number of hydrogen-bond donors (Lipinski definition) is 1. The van der Waals surface area contributed by atoms with Crippen molar-refractivity contribution in [3.63, 3.8) is 0 Å². The molecule has 1 aliphatic rings. The van der Waals surface area contributed by atoms with Crippen molar-refractivity contribution in [3.05, 3.63) is 34.6 Å². The second kappa shape index (κ2) is 7.93. The highest BCUT2D eigenvalue weighted by Gasteiger charge is 2.20. The lowest BCUT2D eigenvalue weighted by Gasteiger charge is -2.32. The van der Waals surface area contributed by atoms with Crippen LogP contribution in [0, 0.1) is 5.82 Å². The van der Waals surface area contributed by atoms with E-state index in [0.29, 0.717) is 19.6 Å². The van der Waals surface area contributed by atoms with Crippen molar-refractivity contribution >= 4 is 11.6 Å². The van der Waals surface area contributed by atoms with E-state index in [0.717, 1.165) is 31.5 Å². The number of aliphatic hydroxyl groups excluding tert-OH is 1. The van der Waals surface area contributed by atoms with Gasteiger partial charge in [0, 0.05) is 32.8 Å². The maximum absolute atomic E-state index is 13.4. The number of ether oxygens (including phenoxy) is 1. The molecule has 0 spiro atoms. The van der Waals surface area contributed by atoms with E-state index in [1.54, 1.807) is 6.07 Å². The summed E-state index contributed by atoms with van der Waals surface area (Å²) in [6.45, 7) is 3.33. The molecule has 20 heavy (non-hydrogen) atoms. The van der Waals surface area contributed by atoms with Gasteiger partial charge in [0.1, 0.15) is 5.82 Å². The van der Waals surface area contributed by atoms with E-state index in [2.05, 4.69) is 4.90 Å². The first-order valence-electron chi connectivity index (χ1n) is 7.08. The molecule has 3 nitrogen and oxygen atoms in total. The van der Waals surface area contributed by atoms with Crippen LogP contribution in [0.15, 0.2) is 18.2 Å². The fourth-order valence-corrected chi connectivity index (χ4v) is 2.65. The van der Waals surface area contributed by atoms with Gasteiger partial charge >= 0.3 is 0 Å². The topological polar surface area (TPSA) is 32.7 Å². The van der Waals surface area contributed by atoms with Gasteiger partial charge in [-0.25, -0.2) is 4.39 Å². The van der Waals surface area contributed by atoms with E-state index in [1.807, 2.05) is 6.07 Å². The van der Waals surface area contributed by atoms with Gasteiger partial charge in [0.15, 0.2) is 0 Å². The zero-order chi connectivity index (χ0) is 14.4. The molecule has 1 aliphatic heterocycles. The summed E-state index contributed by atoms with van der Waals surface area (Å²) in [5.41, 5.74) is 0.839. The van der Waals surface area contributed by atoms with Crippen LogP contribution in [-0.4, -0.2) is 42.4 Å². The van der Waals surface area contributed by atoms with Gasteiger partial charge in [-0.3, -0.25) is 4.90 Å². The lowest BCUT2D eigenvalue weighted by atomic mass is 10.1. The molecule has 1 heterocycles. The molecule has 0 aliphatic carbocycles. The monoisotopic (exact) mass is 301 g/mol. The van der Waals surface area contributed by atoms with Crippen molar-refractivity contribution in [1.29, 1.82) is 0 Å². The minimum Gasteiger partial charge on any atom is -0.396 e. The van der Waals surface area contributed by atoms with Gasteiger partial charge in [-0.05, 0) is 30.9 Å². The van der Waals surface area contributed by atoms with Crippen molar-refractivity contribution in [2.45, 2.75) is 31.9 Å². The summed E-state index contributed by atoms with van der Waals surface area (Å²) in [5.74, 6) is -0.355. The Balaban J connectivity index is 1.78. The summed E-state index contributed by atoms with van der Waals surface area (Å²) in [7, 11) is 0.